The highest BCUT2D eigenvalue weighted by Crippen LogP contribution is 2.11. The van der Waals surface area contributed by atoms with E-state index in [9.17, 15) is 9.59 Å². The molecule has 1 atom stereocenters. The lowest BCUT2D eigenvalue weighted by Crippen LogP contribution is -2.31. The van der Waals surface area contributed by atoms with Gasteiger partial charge in [-0.2, -0.15) is 0 Å². The molecule has 0 unspecified atom stereocenters. The molecule has 104 valence electrons. The molecule has 1 aromatic heterocycles. The SMILES string of the molecule is COC(=O)c1cncc(N[C@H](CC(C)C)C(=O)O)n1. The first-order chi connectivity index (χ1) is 8.93. The van der Waals surface area contributed by atoms with Gasteiger partial charge < -0.3 is 15.2 Å². The fourth-order valence-corrected chi connectivity index (χ4v) is 1.51. The maximum Gasteiger partial charge on any atom is 0.358 e. The fourth-order valence-electron chi connectivity index (χ4n) is 1.51. The van der Waals surface area contributed by atoms with Crippen LogP contribution in [0, 0.1) is 5.92 Å². The molecule has 0 aromatic carbocycles. The van der Waals surface area contributed by atoms with Crippen molar-refractivity contribution in [1.29, 1.82) is 0 Å². The van der Waals surface area contributed by atoms with Crippen LogP contribution in [-0.2, 0) is 9.53 Å². The van der Waals surface area contributed by atoms with Crippen molar-refractivity contribution in [2.45, 2.75) is 26.3 Å². The van der Waals surface area contributed by atoms with Crippen LogP contribution >= 0.6 is 0 Å². The van der Waals surface area contributed by atoms with E-state index >= 15 is 0 Å². The highest BCUT2D eigenvalue weighted by atomic mass is 16.5. The van der Waals surface area contributed by atoms with Crippen LogP contribution in [0.3, 0.4) is 0 Å². The normalized spacial score (nSPS) is 12.0. The molecular weight excluding hydrogens is 250 g/mol. The molecule has 0 fully saturated rings. The Bertz CT molecular complexity index is 462. The standard InChI is InChI=1S/C12H17N3O4/c1-7(2)4-8(11(16)17)14-10-6-13-5-9(15-10)12(18)19-3/h5-8H,4H2,1-3H3,(H,14,15)(H,16,17)/t8-/m1/s1. The molecule has 7 nitrogen and oxygen atoms in total. The molecule has 1 heterocycles. The smallest absolute Gasteiger partial charge is 0.358 e. The fraction of sp³-hybridized carbons (Fsp3) is 0.500. The number of esters is 1. The predicted molar refractivity (Wildman–Crippen MR) is 67.9 cm³/mol. The molecule has 7 heteroatoms. The number of rotatable bonds is 6. The summed E-state index contributed by atoms with van der Waals surface area (Å²) in [7, 11) is 1.24. The second-order valence-corrected chi connectivity index (χ2v) is 4.45. The van der Waals surface area contributed by atoms with E-state index in [0.29, 0.717) is 6.42 Å². The Hall–Kier alpha value is -2.18. The molecule has 0 aliphatic carbocycles. The van der Waals surface area contributed by atoms with Crippen LogP contribution in [0.2, 0.25) is 0 Å². The zero-order valence-electron chi connectivity index (χ0n) is 11.1. The van der Waals surface area contributed by atoms with Crippen molar-refractivity contribution < 1.29 is 19.4 Å². The van der Waals surface area contributed by atoms with Gasteiger partial charge in [0.05, 0.1) is 19.5 Å². The van der Waals surface area contributed by atoms with Gasteiger partial charge in [-0.05, 0) is 12.3 Å². The minimum atomic E-state index is -0.973. The summed E-state index contributed by atoms with van der Waals surface area (Å²) in [5.74, 6) is -1.15. The average Bonchev–Trinajstić information content (AvgIpc) is 2.36. The Morgan fingerprint density at radius 1 is 1.42 bits per heavy atom. The van der Waals surface area contributed by atoms with Gasteiger partial charge >= 0.3 is 11.9 Å². The van der Waals surface area contributed by atoms with Crippen molar-refractivity contribution >= 4 is 17.8 Å². The Morgan fingerprint density at radius 3 is 2.63 bits per heavy atom. The lowest BCUT2D eigenvalue weighted by atomic mass is 10.0. The van der Waals surface area contributed by atoms with Gasteiger partial charge in [0.25, 0.3) is 0 Å². The van der Waals surface area contributed by atoms with Gasteiger partial charge in [0.15, 0.2) is 5.69 Å². The molecule has 0 amide bonds. The number of hydrogen-bond acceptors (Lipinski definition) is 6. The zero-order valence-corrected chi connectivity index (χ0v) is 11.1. The summed E-state index contributed by atoms with van der Waals surface area (Å²) >= 11 is 0. The minimum Gasteiger partial charge on any atom is -0.480 e. The number of aliphatic carboxylic acids is 1. The second kappa shape index (κ2) is 6.67. The Kier molecular flexibility index (Phi) is 5.23. The van der Waals surface area contributed by atoms with E-state index in [0.717, 1.165) is 0 Å². The van der Waals surface area contributed by atoms with Crippen molar-refractivity contribution in [2.75, 3.05) is 12.4 Å². The average molecular weight is 267 g/mol. The number of aromatic nitrogens is 2. The molecule has 0 aliphatic rings. The number of nitrogens with zero attached hydrogens (tertiary/aromatic N) is 2. The molecule has 0 bridgehead atoms. The van der Waals surface area contributed by atoms with E-state index < -0.39 is 18.0 Å². The maximum atomic E-state index is 11.3. The molecule has 0 saturated carbocycles. The number of carboxylic acid groups (broad SMARTS) is 1. The van der Waals surface area contributed by atoms with E-state index in [-0.39, 0.29) is 17.4 Å². The van der Waals surface area contributed by atoms with Gasteiger partial charge in [-0.25, -0.2) is 14.6 Å². The highest BCUT2D eigenvalue weighted by Gasteiger charge is 2.19. The topological polar surface area (TPSA) is 101 Å². The first-order valence-electron chi connectivity index (χ1n) is 5.83. The van der Waals surface area contributed by atoms with Crippen LogP contribution in [0.25, 0.3) is 0 Å². The first-order valence-corrected chi connectivity index (χ1v) is 5.83. The van der Waals surface area contributed by atoms with Crippen molar-refractivity contribution in [3.8, 4) is 0 Å². The van der Waals surface area contributed by atoms with Gasteiger partial charge in [0.2, 0.25) is 0 Å². The third kappa shape index (κ3) is 4.53. The number of ether oxygens (including phenoxy) is 1. The number of carboxylic acids is 1. The minimum absolute atomic E-state index is 0.0289. The number of nitrogens with one attached hydrogen (secondary N) is 1. The largest absolute Gasteiger partial charge is 0.480 e. The Labute approximate surface area is 111 Å². The monoisotopic (exact) mass is 267 g/mol. The molecular formula is C12H17N3O4. The van der Waals surface area contributed by atoms with Gasteiger partial charge in [0, 0.05) is 0 Å². The molecule has 0 saturated heterocycles. The number of anilines is 1. The molecule has 0 radical (unpaired) electrons. The van der Waals surface area contributed by atoms with Crippen LogP contribution in [0.4, 0.5) is 5.82 Å². The Balaban J connectivity index is 2.84. The van der Waals surface area contributed by atoms with Gasteiger partial charge in [-0.1, -0.05) is 13.8 Å². The number of carbonyl (C=O) groups excluding carboxylic acids is 1. The summed E-state index contributed by atoms with van der Waals surface area (Å²) in [5, 5.41) is 11.9. The van der Waals surface area contributed by atoms with Gasteiger partial charge in [-0.15, -0.1) is 0 Å². The molecule has 0 aliphatic heterocycles. The second-order valence-electron chi connectivity index (χ2n) is 4.45. The first kappa shape index (κ1) is 14.9. The molecule has 2 N–H and O–H groups in total. The lowest BCUT2D eigenvalue weighted by Gasteiger charge is -2.16. The lowest BCUT2D eigenvalue weighted by molar-refractivity contribution is -0.138. The quantitative estimate of drug-likeness (QED) is 0.746. The molecule has 0 spiro atoms. The number of hydrogen-bond donors (Lipinski definition) is 2. The summed E-state index contributed by atoms with van der Waals surface area (Å²) in [6, 6.07) is -0.776. The van der Waals surface area contributed by atoms with Crippen LogP contribution in [0.5, 0.6) is 0 Å². The van der Waals surface area contributed by atoms with E-state index in [2.05, 4.69) is 20.0 Å². The summed E-state index contributed by atoms with van der Waals surface area (Å²) in [6.07, 6.45) is 3.07. The van der Waals surface area contributed by atoms with Crippen molar-refractivity contribution in [3.63, 3.8) is 0 Å². The van der Waals surface area contributed by atoms with E-state index in [1.165, 1.54) is 19.5 Å². The highest BCUT2D eigenvalue weighted by molar-refractivity contribution is 5.87. The van der Waals surface area contributed by atoms with Crippen molar-refractivity contribution in [1.82, 2.24) is 9.97 Å². The summed E-state index contributed by atoms with van der Waals surface area (Å²) in [4.78, 5) is 30.2. The third-order valence-corrected chi connectivity index (χ3v) is 2.36. The Morgan fingerprint density at radius 2 is 2.11 bits per heavy atom. The van der Waals surface area contributed by atoms with Crippen LogP contribution in [0.1, 0.15) is 30.8 Å². The summed E-state index contributed by atoms with van der Waals surface area (Å²) in [5.41, 5.74) is 0.0289. The van der Waals surface area contributed by atoms with Gasteiger partial charge in [-0.3, -0.25) is 4.98 Å². The number of carbonyl (C=O) groups is 2. The van der Waals surface area contributed by atoms with E-state index in [4.69, 9.17) is 5.11 Å². The third-order valence-electron chi connectivity index (χ3n) is 2.36. The maximum absolute atomic E-state index is 11.3. The van der Waals surface area contributed by atoms with Crippen LogP contribution in [-0.4, -0.2) is 40.2 Å². The molecule has 19 heavy (non-hydrogen) atoms. The van der Waals surface area contributed by atoms with Crippen molar-refractivity contribution in [2.24, 2.45) is 5.92 Å². The predicted octanol–water partition coefficient (Wildman–Crippen LogP) is 1.17. The van der Waals surface area contributed by atoms with Crippen molar-refractivity contribution in [3.05, 3.63) is 18.1 Å². The number of methoxy groups -OCH3 is 1. The summed E-state index contributed by atoms with van der Waals surface area (Å²) in [6.45, 7) is 3.85. The van der Waals surface area contributed by atoms with Crippen LogP contribution < -0.4 is 5.32 Å². The zero-order chi connectivity index (χ0) is 14.4. The van der Waals surface area contributed by atoms with Gasteiger partial charge in [0.1, 0.15) is 11.9 Å². The van der Waals surface area contributed by atoms with E-state index in [1.54, 1.807) is 0 Å². The van der Waals surface area contributed by atoms with E-state index in [1.807, 2.05) is 13.8 Å². The molecule has 1 rings (SSSR count). The van der Waals surface area contributed by atoms with Crippen LogP contribution in [0.15, 0.2) is 12.4 Å². The summed E-state index contributed by atoms with van der Waals surface area (Å²) < 4.78 is 4.52. The molecule has 1 aromatic rings.